The number of carbonyl (C=O) groups excluding carboxylic acids is 1. The summed E-state index contributed by atoms with van der Waals surface area (Å²) in [6, 6.07) is 2.03. The predicted octanol–water partition coefficient (Wildman–Crippen LogP) is 2.53. The van der Waals surface area contributed by atoms with Crippen molar-refractivity contribution in [2.24, 2.45) is 5.92 Å². The van der Waals surface area contributed by atoms with Crippen LogP contribution < -0.4 is 0 Å². The normalized spacial score (nSPS) is 20.9. The number of carbonyl (C=O) groups is 1. The van der Waals surface area contributed by atoms with Gasteiger partial charge in [-0.05, 0) is 34.7 Å². The first kappa shape index (κ1) is 11.1. The fourth-order valence-electron chi connectivity index (χ4n) is 1.86. The molecule has 0 saturated carbocycles. The van der Waals surface area contributed by atoms with Gasteiger partial charge in [0, 0.05) is 18.4 Å². The number of nitrogens with zero attached hydrogens (tertiary/aromatic N) is 1. The van der Waals surface area contributed by atoms with Crippen LogP contribution in [0.15, 0.2) is 16.8 Å². The minimum atomic E-state index is 0.275. The van der Waals surface area contributed by atoms with Crippen molar-refractivity contribution >= 4 is 33.2 Å². The summed E-state index contributed by atoms with van der Waals surface area (Å²) in [5.41, 5.74) is 1.15. The van der Waals surface area contributed by atoms with Crippen LogP contribution >= 0.6 is 27.3 Å². The number of hydrogen-bond donors (Lipinski definition) is 0. The Morgan fingerprint density at radius 2 is 2.53 bits per heavy atom. The Morgan fingerprint density at radius 3 is 3.13 bits per heavy atom. The standard InChI is InChI=1S/C11H14BrNOS/c12-6-10-1-3-13(7-10)11(14)5-9-2-4-15-8-9/h2,4,8,10H,1,3,5-7H2. The molecule has 1 atom stereocenters. The zero-order valence-corrected chi connectivity index (χ0v) is 10.9. The monoisotopic (exact) mass is 287 g/mol. The molecule has 0 radical (unpaired) electrons. The van der Waals surface area contributed by atoms with E-state index in [0.717, 1.165) is 30.4 Å². The third-order valence-corrected chi connectivity index (χ3v) is 4.44. The van der Waals surface area contributed by atoms with Gasteiger partial charge in [-0.1, -0.05) is 15.9 Å². The van der Waals surface area contributed by atoms with Gasteiger partial charge in [-0.3, -0.25) is 4.79 Å². The lowest BCUT2D eigenvalue weighted by Crippen LogP contribution is -2.30. The maximum Gasteiger partial charge on any atom is 0.227 e. The molecule has 1 saturated heterocycles. The molecule has 0 aliphatic carbocycles. The highest BCUT2D eigenvalue weighted by atomic mass is 79.9. The average Bonchev–Trinajstić information content (AvgIpc) is 2.86. The maximum atomic E-state index is 11.9. The van der Waals surface area contributed by atoms with Crippen LogP contribution in [0.4, 0.5) is 0 Å². The van der Waals surface area contributed by atoms with Crippen molar-refractivity contribution in [1.29, 1.82) is 0 Å². The van der Waals surface area contributed by atoms with E-state index in [-0.39, 0.29) is 5.91 Å². The van der Waals surface area contributed by atoms with Crippen LogP contribution in [0, 0.1) is 5.92 Å². The van der Waals surface area contributed by atoms with E-state index < -0.39 is 0 Å². The van der Waals surface area contributed by atoms with Gasteiger partial charge in [0.15, 0.2) is 0 Å². The van der Waals surface area contributed by atoms with Crippen molar-refractivity contribution in [3.63, 3.8) is 0 Å². The van der Waals surface area contributed by atoms with Crippen molar-refractivity contribution in [3.8, 4) is 0 Å². The van der Waals surface area contributed by atoms with Crippen LogP contribution in [0.3, 0.4) is 0 Å². The van der Waals surface area contributed by atoms with Gasteiger partial charge in [0.1, 0.15) is 0 Å². The van der Waals surface area contributed by atoms with Gasteiger partial charge in [0.25, 0.3) is 0 Å². The molecule has 2 heterocycles. The van der Waals surface area contributed by atoms with E-state index in [9.17, 15) is 4.79 Å². The molecule has 1 aliphatic heterocycles. The summed E-state index contributed by atoms with van der Waals surface area (Å²) in [6.07, 6.45) is 1.71. The smallest absolute Gasteiger partial charge is 0.227 e. The molecule has 2 rings (SSSR count). The second-order valence-electron chi connectivity index (χ2n) is 3.96. The van der Waals surface area contributed by atoms with Crippen molar-refractivity contribution in [3.05, 3.63) is 22.4 Å². The van der Waals surface area contributed by atoms with E-state index in [1.807, 2.05) is 16.3 Å². The lowest BCUT2D eigenvalue weighted by molar-refractivity contribution is -0.129. The van der Waals surface area contributed by atoms with E-state index in [0.29, 0.717) is 12.3 Å². The van der Waals surface area contributed by atoms with Crippen LogP contribution in [0.5, 0.6) is 0 Å². The molecule has 15 heavy (non-hydrogen) atoms. The van der Waals surface area contributed by atoms with E-state index in [1.54, 1.807) is 11.3 Å². The minimum absolute atomic E-state index is 0.275. The molecule has 0 bridgehead atoms. The van der Waals surface area contributed by atoms with Gasteiger partial charge in [0.05, 0.1) is 6.42 Å². The van der Waals surface area contributed by atoms with Crippen molar-refractivity contribution < 1.29 is 4.79 Å². The van der Waals surface area contributed by atoms with Gasteiger partial charge in [0.2, 0.25) is 5.91 Å². The topological polar surface area (TPSA) is 20.3 Å². The van der Waals surface area contributed by atoms with Crippen molar-refractivity contribution in [2.45, 2.75) is 12.8 Å². The van der Waals surface area contributed by atoms with E-state index in [1.165, 1.54) is 0 Å². The lowest BCUT2D eigenvalue weighted by Gasteiger charge is -2.15. The molecule has 1 unspecified atom stereocenters. The zero-order chi connectivity index (χ0) is 10.7. The number of amides is 1. The lowest BCUT2D eigenvalue weighted by atomic mass is 10.2. The summed E-state index contributed by atoms with van der Waals surface area (Å²) in [4.78, 5) is 13.9. The summed E-state index contributed by atoms with van der Waals surface area (Å²) in [7, 11) is 0. The third kappa shape index (κ3) is 2.82. The summed E-state index contributed by atoms with van der Waals surface area (Å²) in [5, 5.41) is 5.08. The molecule has 1 aliphatic rings. The molecule has 1 aromatic rings. The fourth-order valence-corrected chi connectivity index (χ4v) is 3.06. The van der Waals surface area contributed by atoms with Gasteiger partial charge in [-0.25, -0.2) is 0 Å². The summed E-state index contributed by atoms with van der Waals surface area (Å²) < 4.78 is 0. The van der Waals surface area contributed by atoms with Crippen LogP contribution in [0.25, 0.3) is 0 Å². The largest absolute Gasteiger partial charge is 0.342 e. The van der Waals surface area contributed by atoms with Gasteiger partial charge in [-0.2, -0.15) is 11.3 Å². The van der Waals surface area contributed by atoms with Crippen LogP contribution in [-0.4, -0.2) is 29.2 Å². The first-order valence-electron chi connectivity index (χ1n) is 5.14. The molecular formula is C11H14BrNOS. The summed E-state index contributed by atoms with van der Waals surface area (Å²) >= 11 is 5.13. The molecule has 2 nitrogen and oxygen atoms in total. The SMILES string of the molecule is O=C(Cc1ccsc1)N1CCC(CBr)C1. The Morgan fingerprint density at radius 1 is 1.67 bits per heavy atom. The fraction of sp³-hybridized carbons (Fsp3) is 0.545. The number of thiophene rings is 1. The molecule has 1 fully saturated rings. The molecule has 0 aromatic carbocycles. The Kier molecular flexibility index (Phi) is 3.81. The third-order valence-electron chi connectivity index (χ3n) is 2.79. The number of likely N-dealkylation sites (tertiary alicyclic amines) is 1. The zero-order valence-electron chi connectivity index (χ0n) is 8.49. The van der Waals surface area contributed by atoms with E-state index in [4.69, 9.17) is 0 Å². The van der Waals surface area contributed by atoms with E-state index >= 15 is 0 Å². The van der Waals surface area contributed by atoms with Gasteiger partial charge < -0.3 is 4.90 Å². The quantitative estimate of drug-likeness (QED) is 0.783. The molecule has 0 spiro atoms. The molecule has 4 heteroatoms. The second-order valence-corrected chi connectivity index (χ2v) is 5.38. The number of rotatable bonds is 3. The maximum absolute atomic E-state index is 11.9. The first-order chi connectivity index (χ1) is 7.29. The number of halogens is 1. The van der Waals surface area contributed by atoms with Crippen LogP contribution in [0.2, 0.25) is 0 Å². The molecular weight excluding hydrogens is 274 g/mol. The minimum Gasteiger partial charge on any atom is -0.342 e. The van der Waals surface area contributed by atoms with Crippen molar-refractivity contribution in [1.82, 2.24) is 4.90 Å². The highest BCUT2D eigenvalue weighted by molar-refractivity contribution is 9.09. The summed E-state index contributed by atoms with van der Waals surface area (Å²) in [5.74, 6) is 0.924. The molecule has 82 valence electrons. The van der Waals surface area contributed by atoms with Crippen molar-refractivity contribution in [2.75, 3.05) is 18.4 Å². The highest BCUT2D eigenvalue weighted by Crippen LogP contribution is 2.19. The Labute approximate surface area is 102 Å². The Balaban J connectivity index is 1.87. The average molecular weight is 288 g/mol. The number of hydrogen-bond acceptors (Lipinski definition) is 2. The Bertz CT molecular complexity index is 325. The van der Waals surface area contributed by atoms with Crippen LogP contribution in [-0.2, 0) is 11.2 Å². The van der Waals surface area contributed by atoms with Gasteiger partial charge in [-0.15, -0.1) is 0 Å². The van der Waals surface area contributed by atoms with E-state index in [2.05, 4.69) is 21.3 Å². The predicted molar refractivity (Wildman–Crippen MR) is 66.5 cm³/mol. The second kappa shape index (κ2) is 5.12. The summed E-state index contributed by atoms with van der Waals surface area (Å²) in [6.45, 7) is 1.85. The Hall–Kier alpha value is -0.350. The molecule has 0 N–H and O–H groups in total. The molecule has 1 aromatic heterocycles. The van der Waals surface area contributed by atoms with Gasteiger partial charge >= 0.3 is 0 Å². The molecule has 1 amide bonds. The first-order valence-corrected chi connectivity index (χ1v) is 7.21. The number of alkyl halides is 1. The highest BCUT2D eigenvalue weighted by Gasteiger charge is 2.25. The van der Waals surface area contributed by atoms with Crippen LogP contribution in [0.1, 0.15) is 12.0 Å².